The van der Waals surface area contributed by atoms with Crippen molar-refractivity contribution in [1.29, 1.82) is 0 Å². The number of aromatic amines is 1. The number of nitrogens with zero attached hydrogens (tertiary/aromatic N) is 1. The second-order valence-corrected chi connectivity index (χ2v) is 6.49. The van der Waals surface area contributed by atoms with E-state index in [9.17, 15) is 13.2 Å². The Morgan fingerprint density at radius 3 is 2.73 bits per heavy atom. The van der Waals surface area contributed by atoms with Crippen molar-refractivity contribution in [2.75, 3.05) is 5.75 Å². The molecular formula is C9H12N2O3S. The van der Waals surface area contributed by atoms with Crippen LogP contribution in [0.15, 0.2) is 4.79 Å². The summed E-state index contributed by atoms with van der Waals surface area (Å²) >= 11 is 0. The minimum Gasteiger partial charge on any atom is -0.286 e. The standard InChI is InChI=1S/C9H12N2O3S/c12-9-7-5-15(13,14)4-3-8(7)11(10-9)6-1-2-6/h6H,1-5H2,(H,10,12). The third-order valence-electron chi connectivity index (χ3n) is 3.06. The van der Waals surface area contributed by atoms with Gasteiger partial charge in [-0.3, -0.25) is 14.6 Å². The van der Waals surface area contributed by atoms with Gasteiger partial charge >= 0.3 is 0 Å². The maximum Gasteiger partial charge on any atom is 0.268 e. The molecule has 15 heavy (non-hydrogen) atoms. The second-order valence-electron chi connectivity index (χ2n) is 4.31. The Morgan fingerprint density at radius 2 is 2.07 bits per heavy atom. The van der Waals surface area contributed by atoms with Crippen molar-refractivity contribution >= 4 is 9.84 Å². The summed E-state index contributed by atoms with van der Waals surface area (Å²) in [7, 11) is -3.04. The van der Waals surface area contributed by atoms with Gasteiger partial charge in [0, 0.05) is 12.1 Å². The van der Waals surface area contributed by atoms with Gasteiger partial charge in [-0.2, -0.15) is 0 Å². The van der Waals surface area contributed by atoms with Gasteiger partial charge in [0.05, 0.1) is 23.1 Å². The van der Waals surface area contributed by atoms with Crippen LogP contribution in [0.4, 0.5) is 0 Å². The molecule has 3 rings (SSSR count). The van der Waals surface area contributed by atoms with E-state index >= 15 is 0 Å². The van der Waals surface area contributed by atoms with Crippen molar-refractivity contribution in [2.45, 2.75) is 31.1 Å². The molecule has 0 radical (unpaired) electrons. The molecule has 1 aromatic heterocycles. The van der Waals surface area contributed by atoms with E-state index in [1.165, 1.54) is 0 Å². The number of fused-ring (bicyclic) bond motifs is 1. The first-order chi connectivity index (χ1) is 7.07. The summed E-state index contributed by atoms with van der Waals surface area (Å²) in [6, 6.07) is 0.405. The fourth-order valence-corrected chi connectivity index (χ4v) is 3.52. The minimum absolute atomic E-state index is 0.0859. The Bertz CT molecular complexity index is 563. The van der Waals surface area contributed by atoms with Crippen molar-refractivity contribution in [1.82, 2.24) is 9.78 Å². The van der Waals surface area contributed by atoms with Gasteiger partial charge in [-0.25, -0.2) is 8.42 Å². The fourth-order valence-electron chi connectivity index (χ4n) is 2.13. The smallest absolute Gasteiger partial charge is 0.268 e. The summed E-state index contributed by atoms with van der Waals surface area (Å²) in [5, 5.41) is 2.75. The van der Waals surface area contributed by atoms with Crippen molar-refractivity contribution in [2.24, 2.45) is 0 Å². The molecule has 0 aromatic carbocycles. The molecule has 1 aliphatic carbocycles. The van der Waals surface area contributed by atoms with E-state index in [0.717, 1.165) is 18.5 Å². The summed E-state index contributed by atoms with van der Waals surface area (Å²) in [6.07, 6.45) is 2.65. The molecule has 2 aliphatic rings. The number of hydrogen-bond acceptors (Lipinski definition) is 3. The van der Waals surface area contributed by atoms with Crippen LogP contribution in [0, 0.1) is 0 Å². The Hall–Kier alpha value is -1.04. The number of nitrogens with one attached hydrogen (secondary N) is 1. The quantitative estimate of drug-likeness (QED) is 0.734. The second kappa shape index (κ2) is 2.75. The first-order valence-corrected chi connectivity index (χ1v) is 6.92. The summed E-state index contributed by atoms with van der Waals surface area (Å²) in [4.78, 5) is 11.6. The first-order valence-electron chi connectivity index (χ1n) is 5.09. The summed E-state index contributed by atoms with van der Waals surface area (Å²) < 4.78 is 24.7. The molecule has 0 saturated heterocycles. The fraction of sp³-hybridized carbons (Fsp3) is 0.667. The van der Waals surface area contributed by atoms with E-state index in [4.69, 9.17) is 0 Å². The lowest BCUT2D eigenvalue weighted by Gasteiger charge is -2.13. The maximum atomic E-state index is 11.6. The zero-order chi connectivity index (χ0) is 10.6. The van der Waals surface area contributed by atoms with E-state index in [1.807, 2.05) is 4.68 Å². The number of aromatic nitrogens is 2. The van der Waals surface area contributed by atoms with Gasteiger partial charge in [0.1, 0.15) is 0 Å². The number of sulfone groups is 1. The lowest BCUT2D eigenvalue weighted by molar-refractivity contribution is 0.578. The van der Waals surface area contributed by atoms with Gasteiger partial charge in [-0.15, -0.1) is 0 Å². The van der Waals surface area contributed by atoms with Crippen molar-refractivity contribution in [3.63, 3.8) is 0 Å². The Kier molecular flexibility index (Phi) is 1.69. The third kappa shape index (κ3) is 1.43. The van der Waals surface area contributed by atoms with Gasteiger partial charge in [0.2, 0.25) is 0 Å². The number of H-pyrrole nitrogens is 1. The molecular weight excluding hydrogens is 216 g/mol. The van der Waals surface area contributed by atoms with Crippen molar-refractivity contribution in [3.05, 3.63) is 21.6 Å². The molecule has 0 unspecified atom stereocenters. The van der Waals surface area contributed by atoms with Crippen LogP contribution >= 0.6 is 0 Å². The van der Waals surface area contributed by atoms with Crippen LogP contribution < -0.4 is 5.56 Å². The Labute approximate surface area is 87.0 Å². The van der Waals surface area contributed by atoms with Gasteiger partial charge in [-0.05, 0) is 12.8 Å². The van der Waals surface area contributed by atoms with Crippen LogP contribution in [0.2, 0.25) is 0 Å². The molecule has 6 heteroatoms. The highest BCUT2D eigenvalue weighted by Gasteiger charge is 2.32. The number of hydrogen-bond donors (Lipinski definition) is 1. The van der Waals surface area contributed by atoms with E-state index in [-0.39, 0.29) is 17.1 Å². The highest BCUT2D eigenvalue weighted by atomic mass is 32.2. The normalized spacial score (nSPS) is 23.7. The minimum atomic E-state index is -3.04. The molecule has 2 heterocycles. The lowest BCUT2D eigenvalue weighted by Crippen LogP contribution is -2.22. The highest BCUT2D eigenvalue weighted by molar-refractivity contribution is 7.90. The molecule has 0 spiro atoms. The zero-order valence-corrected chi connectivity index (χ0v) is 9.01. The zero-order valence-electron chi connectivity index (χ0n) is 8.19. The molecule has 5 nitrogen and oxygen atoms in total. The average Bonchev–Trinajstić information content (AvgIpc) is 2.93. The van der Waals surface area contributed by atoms with Crippen LogP contribution in [-0.2, 0) is 22.0 Å². The summed E-state index contributed by atoms with van der Waals surface area (Å²) in [6.45, 7) is 0. The SMILES string of the molecule is O=c1[nH]n(C2CC2)c2c1CS(=O)(=O)CC2. The van der Waals surface area contributed by atoms with Crippen LogP contribution in [0.25, 0.3) is 0 Å². The average molecular weight is 228 g/mol. The predicted octanol–water partition coefficient (Wildman–Crippen LogP) is -0.0178. The summed E-state index contributed by atoms with van der Waals surface area (Å²) in [5.41, 5.74) is 1.16. The van der Waals surface area contributed by atoms with Crippen molar-refractivity contribution < 1.29 is 8.42 Å². The Morgan fingerprint density at radius 1 is 1.33 bits per heavy atom. The molecule has 1 aliphatic heterocycles. The lowest BCUT2D eigenvalue weighted by atomic mass is 10.2. The number of rotatable bonds is 1. The Balaban J connectivity index is 2.15. The van der Waals surface area contributed by atoms with E-state index in [0.29, 0.717) is 18.0 Å². The van der Waals surface area contributed by atoms with Crippen LogP contribution in [0.1, 0.15) is 30.1 Å². The molecule has 1 N–H and O–H groups in total. The topological polar surface area (TPSA) is 71.9 Å². The largest absolute Gasteiger partial charge is 0.286 e. The third-order valence-corrected chi connectivity index (χ3v) is 4.62. The van der Waals surface area contributed by atoms with Gasteiger partial charge in [0.15, 0.2) is 9.84 Å². The predicted molar refractivity (Wildman–Crippen MR) is 54.5 cm³/mol. The maximum absolute atomic E-state index is 11.6. The van der Waals surface area contributed by atoms with Crippen LogP contribution in [-0.4, -0.2) is 24.0 Å². The molecule has 0 atom stereocenters. The first kappa shape index (κ1) is 9.21. The summed E-state index contributed by atoms with van der Waals surface area (Å²) in [5.74, 6) is 0.0847. The monoisotopic (exact) mass is 228 g/mol. The molecule has 82 valence electrons. The van der Waals surface area contributed by atoms with E-state index in [2.05, 4.69) is 5.10 Å². The molecule has 1 aromatic rings. The van der Waals surface area contributed by atoms with Gasteiger partial charge in [0.25, 0.3) is 5.56 Å². The van der Waals surface area contributed by atoms with Crippen LogP contribution in [0.5, 0.6) is 0 Å². The molecule has 0 bridgehead atoms. The molecule has 0 amide bonds. The van der Waals surface area contributed by atoms with Gasteiger partial charge < -0.3 is 0 Å². The molecule has 1 fully saturated rings. The highest BCUT2D eigenvalue weighted by Crippen LogP contribution is 2.36. The van der Waals surface area contributed by atoms with E-state index < -0.39 is 9.84 Å². The van der Waals surface area contributed by atoms with E-state index in [1.54, 1.807) is 0 Å². The van der Waals surface area contributed by atoms with Crippen LogP contribution in [0.3, 0.4) is 0 Å². The van der Waals surface area contributed by atoms with Crippen molar-refractivity contribution in [3.8, 4) is 0 Å². The van der Waals surface area contributed by atoms with Gasteiger partial charge in [-0.1, -0.05) is 0 Å². The molecule has 1 saturated carbocycles.